The van der Waals surface area contributed by atoms with Gasteiger partial charge in [-0.05, 0) is 50.4 Å². The highest BCUT2D eigenvalue weighted by Gasteiger charge is 2.26. The molecule has 1 aliphatic rings. The number of piperidine rings is 1. The van der Waals surface area contributed by atoms with Crippen LogP contribution < -0.4 is 10.6 Å². The van der Waals surface area contributed by atoms with E-state index < -0.39 is 0 Å². The van der Waals surface area contributed by atoms with Gasteiger partial charge in [-0.2, -0.15) is 5.26 Å². The first-order valence-corrected chi connectivity index (χ1v) is 7.11. The highest BCUT2D eigenvalue weighted by molar-refractivity contribution is 9.10. The molecular weight excluding hydrogens is 290 g/mol. The van der Waals surface area contributed by atoms with Gasteiger partial charge in [-0.1, -0.05) is 15.9 Å². The van der Waals surface area contributed by atoms with Crippen molar-refractivity contribution in [1.29, 1.82) is 5.26 Å². The molecule has 2 atom stereocenters. The molecule has 1 aromatic rings. The summed E-state index contributed by atoms with van der Waals surface area (Å²) in [4.78, 5) is 2.33. The van der Waals surface area contributed by atoms with E-state index in [1.807, 2.05) is 18.2 Å². The zero-order valence-corrected chi connectivity index (χ0v) is 12.2. The van der Waals surface area contributed by atoms with Crippen LogP contribution in [0.4, 0.5) is 5.69 Å². The molecule has 0 amide bonds. The van der Waals surface area contributed by atoms with E-state index in [0.29, 0.717) is 12.0 Å². The van der Waals surface area contributed by atoms with Gasteiger partial charge in [0.15, 0.2) is 0 Å². The Morgan fingerprint density at radius 1 is 1.50 bits per heavy atom. The highest BCUT2D eigenvalue weighted by Crippen LogP contribution is 2.31. The minimum absolute atomic E-state index is 0.473. The Hall–Kier alpha value is -1.05. The van der Waals surface area contributed by atoms with Crippen molar-refractivity contribution in [3.8, 4) is 6.07 Å². The Morgan fingerprint density at radius 2 is 2.28 bits per heavy atom. The summed E-state index contributed by atoms with van der Waals surface area (Å²) in [5.74, 6) is 0.538. The molecule has 0 bridgehead atoms. The van der Waals surface area contributed by atoms with E-state index >= 15 is 0 Å². The average molecular weight is 308 g/mol. The molecule has 0 radical (unpaired) electrons. The fraction of sp³-hybridized carbons (Fsp3) is 0.500. The van der Waals surface area contributed by atoms with Crippen molar-refractivity contribution in [2.75, 3.05) is 18.0 Å². The summed E-state index contributed by atoms with van der Waals surface area (Å²) in [5, 5.41) is 9.26. The van der Waals surface area contributed by atoms with Crippen molar-refractivity contribution in [1.82, 2.24) is 0 Å². The number of halogens is 1. The summed E-state index contributed by atoms with van der Waals surface area (Å²) in [5.41, 5.74) is 7.55. The van der Waals surface area contributed by atoms with Crippen LogP contribution in [0.15, 0.2) is 22.7 Å². The first-order chi connectivity index (χ1) is 8.65. The normalized spacial score (nSPS) is 23.8. The third-order valence-electron chi connectivity index (χ3n) is 3.70. The molecule has 2 rings (SSSR count). The first kappa shape index (κ1) is 13.4. The zero-order chi connectivity index (χ0) is 13.1. The fourth-order valence-electron chi connectivity index (χ4n) is 2.56. The maximum Gasteiger partial charge on any atom is 0.101 e. The second-order valence-electron chi connectivity index (χ2n) is 4.95. The molecule has 96 valence electrons. The average Bonchev–Trinajstić information content (AvgIpc) is 2.39. The van der Waals surface area contributed by atoms with Gasteiger partial charge in [0.2, 0.25) is 0 Å². The molecule has 0 aliphatic carbocycles. The Bertz CT molecular complexity index is 467. The van der Waals surface area contributed by atoms with Crippen LogP contribution in [-0.2, 0) is 0 Å². The van der Waals surface area contributed by atoms with Crippen LogP contribution in [0.5, 0.6) is 0 Å². The number of nitriles is 1. The lowest BCUT2D eigenvalue weighted by Crippen LogP contribution is -2.44. The van der Waals surface area contributed by atoms with E-state index in [0.717, 1.165) is 35.2 Å². The summed E-state index contributed by atoms with van der Waals surface area (Å²) in [6, 6.07) is 8.66. The van der Waals surface area contributed by atoms with E-state index in [1.54, 1.807) is 0 Å². The lowest BCUT2D eigenvalue weighted by Gasteiger charge is -2.39. The van der Waals surface area contributed by atoms with Gasteiger partial charge in [-0.3, -0.25) is 0 Å². The smallest absolute Gasteiger partial charge is 0.101 e. The van der Waals surface area contributed by atoms with Crippen molar-refractivity contribution in [3.63, 3.8) is 0 Å². The fourth-order valence-corrected chi connectivity index (χ4v) is 2.92. The summed E-state index contributed by atoms with van der Waals surface area (Å²) >= 11 is 3.41. The van der Waals surface area contributed by atoms with Crippen molar-refractivity contribution in [2.24, 2.45) is 11.7 Å². The van der Waals surface area contributed by atoms with Gasteiger partial charge in [0.05, 0.1) is 11.3 Å². The number of benzene rings is 1. The number of rotatable bonds is 2. The molecule has 1 aliphatic heterocycles. The van der Waals surface area contributed by atoms with E-state index in [2.05, 4.69) is 33.8 Å². The topological polar surface area (TPSA) is 53.0 Å². The van der Waals surface area contributed by atoms with Crippen LogP contribution in [0.2, 0.25) is 0 Å². The summed E-state index contributed by atoms with van der Waals surface area (Å²) in [7, 11) is 0. The minimum atomic E-state index is 0.473. The van der Waals surface area contributed by atoms with Gasteiger partial charge >= 0.3 is 0 Å². The quantitative estimate of drug-likeness (QED) is 0.914. The summed E-state index contributed by atoms with van der Waals surface area (Å²) in [6.07, 6.45) is 2.33. The second kappa shape index (κ2) is 5.73. The molecule has 1 fully saturated rings. The molecule has 1 heterocycles. The predicted molar refractivity (Wildman–Crippen MR) is 77.4 cm³/mol. The minimum Gasteiger partial charge on any atom is -0.367 e. The van der Waals surface area contributed by atoms with Gasteiger partial charge in [0.25, 0.3) is 0 Å². The molecule has 0 aromatic heterocycles. The lowest BCUT2D eigenvalue weighted by atomic mass is 9.92. The van der Waals surface area contributed by atoms with Crippen molar-refractivity contribution < 1.29 is 0 Å². The molecular formula is C14H18BrN3. The maximum atomic E-state index is 9.26. The van der Waals surface area contributed by atoms with Crippen molar-refractivity contribution in [3.05, 3.63) is 28.2 Å². The molecule has 2 unspecified atom stereocenters. The predicted octanol–water partition coefficient (Wildman–Crippen LogP) is 2.88. The Balaban J connectivity index is 2.32. The van der Waals surface area contributed by atoms with E-state index in [1.165, 1.54) is 6.42 Å². The number of hydrogen-bond acceptors (Lipinski definition) is 3. The van der Waals surface area contributed by atoms with Crippen molar-refractivity contribution >= 4 is 21.6 Å². The zero-order valence-electron chi connectivity index (χ0n) is 10.6. The van der Waals surface area contributed by atoms with Gasteiger partial charge in [-0.25, -0.2) is 0 Å². The van der Waals surface area contributed by atoms with E-state index in [9.17, 15) is 5.26 Å². The summed E-state index contributed by atoms with van der Waals surface area (Å²) < 4.78 is 0.947. The largest absolute Gasteiger partial charge is 0.367 e. The molecule has 0 saturated carbocycles. The van der Waals surface area contributed by atoms with Crippen LogP contribution >= 0.6 is 15.9 Å². The van der Waals surface area contributed by atoms with Gasteiger partial charge in [-0.15, -0.1) is 0 Å². The number of hydrogen-bond donors (Lipinski definition) is 1. The standard InChI is InChI=1S/C14H18BrN3/c1-10-2-3-11(7-16)9-18(10)14-5-4-13(15)6-12(14)8-17/h4-6,10-11H,2-3,7,9,16H2,1H3. The number of nitrogens with zero attached hydrogens (tertiary/aromatic N) is 2. The van der Waals surface area contributed by atoms with Crippen LogP contribution in [0.3, 0.4) is 0 Å². The second-order valence-corrected chi connectivity index (χ2v) is 5.87. The Kier molecular flexibility index (Phi) is 4.26. The van der Waals surface area contributed by atoms with Gasteiger partial charge in [0.1, 0.15) is 6.07 Å². The van der Waals surface area contributed by atoms with Crippen molar-refractivity contribution in [2.45, 2.75) is 25.8 Å². The maximum absolute atomic E-state index is 9.26. The first-order valence-electron chi connectivity index (χ1n) is 6.32. The van der Waals surface area contributed by atoms with Gasteiger partial charge < -0.3 is 10.6 Å². The SMILES string of the molecule is CC1CCC(CN)CN1c1ccc(Br)cc1C#N. The molecule has 1 aromatic carbocycles. The van der Waals surface area contributed by atoms with Crippen LogP contribution in [0, 0.1) is 17.2 Å². The third-order valence-corrected chi connectivity index (χ3v) is 4.19. The number of nitrogens with two attached hydrogens (primary N) is 1. The molecule has 18 heavy (non-hydrogen) atoms. The molecule has 4 heteroatoms. The Labute approximate surface area is 117 Å². The van der Waals surface area contributed by atoms with Crippen LogP contribution in [0.1, 0.15) is 25.3 Å². The Morgan fingerprint density at radius 3 is 2.94 bits per heavy atom. The molecule has 3 nitrogen and oxygen atoms in total. The molecule has 2 N–H and O–H groups in total. The van der Waals surface area contributed by atoms with E-state index in [-0.39, 0.29) is 0 Å². The number of anilines is 1. The van der Waals surface area contributed by atoms with Crippen LogP contribution in [0.25, 0.3) is 0 Å². The lowest BCUT2D eigenvalue weighted by molar-refractivity contribution is 0.374. The molecule has 0 spiro atoms. The van der Waals surface area contributed by atoms with E-state index in [4.69, 9.17) is 5.73 Å². The van der Waals surface area contributed by atoms with Gasteiger partial charge in [0, 0.05) is 17.1 Å². The van der Waals surface area contributed by atoms with Crippen LogP contribution in [-0.4, -0.2) is 19.1 Å². The monoisotopic (exact) mass is 307 g/mol. The molecule has 1 saturated heterocycles. The third kappa shape index (κ3) is 2.68. The highest BCUT2D eigenvalue weighted by atomic mass is 79.9. The summed E-state index contributed by atoms with van der Waals surface area (Å²) in [6.45, 7) is 3.89.